The molecule has 0 spiro atoms. The highest BCUT2D eigenvalue weighted by molar-refractivity contribution is 5.64. The minimum Gasteiger partial charge on any atom is -0.445 e. The zero-order valence-corrected chi connectivity index (χ0v) is 6.75. The molecule has 1 saturated heterocycles. The van der Waals surface area contributed by atoms with Crippen LogP contribution in [0.2, 0.25) is 0 Å². The summed E-state index contributed by atoms with van der Waals surface area (Å²) in [5, 5.41) is 0. The average molecular weight is 158 g/mol. The van der Waals surface area contributed by atoms with Crippen LogP contribution in [-0.2, 0) is 4.74 Å². The van der Waals surface area contributed by atoms with Gasteiger partial charge < -0.3 is 15.4 Å². The van der Waals surface area contributed by atoms with E-state index >= 15 is 0 Å². The molecule has 0 aromatic carbocycles. The van der Waals surface area contributed by atoms with Crippen LogP contribution in [0.15, 0.2) is 0 Å². The minimum absolute atomic E-state index is 0.00579. The second-order valence-corrected chi connectivity index (χ2v) is 2.96. The van der Waals surface area contributed by atoms with Crippen molar-refractivity contribution in [3.63, 3.8) is 0 Å². The first kappa shape index (κ1) is 8.33. The van der Waals surface area contributed by atoms with Gasteiger partial charge in [-0.25, -0.2) is 4.79 Å². The summed E-state index contributed by atoms with van der Waals surface area (Å²) in [5.41, 5.74) is 4.89. The van der Waals surface area contributed by atoms with Crippen molar-refractivity contribution in [2.24, 2.45) is 5.73 Å². The van der Waals surface area contributed by atoms with Crippen LogP contribution in [0.5, 0.6) is 0 Å². The zero-order valence-electron chi connectivity index (χ0n) is 6.75. The summed E-state index contributed by atoms with van der Waals surface area (Å²) in [4.78, 5) is 12.5. The summed E-state index contributed by atoms with van der Waals surface area (Å²) in [5.74, 6) is 0. The Morgan fingerprint density at radius 1 is 1.73 bits per heavy atom. The number of primary amides is 1. The lowest BCUT2D eigenvalue weighted by Crippen LogP contribution is -2.39. The van der Waals surface area contributed by atoms with E-state index in [1.807, 2.05) is 7.05 Å². The summed E-state index contributed by atoms with van der Waals surface area (Å²) in [6.07, 6.45) is 1.36. The molecule has 0 aromatic heterocycles. The van der Waals surface area contributed by atoms with Crippen molar-refractivity contribution >= 4 is 6.09 Å². The molecule has 1 unspecified atom stereocenters. The maximum absolute atomic E-state index is 10.4. The summed E-state index contributed by atoms with van der Waals surface area (Å²) in [6.45, 7) is 1.89. The van der Waals surface area contributed by atoms with Crippen LogP contribution in [0.4, 0.5) is 4.79 Å². The predicted octanol–water partition coefficient (Wildman–Crippen LogP) is 0.176. The molecule has 64 valence electrons. The molecule has 4 heteroatoms. The maximum atomic E-state index is 10.4. The number of nitrogens with two attached hydrogens (primary N) is 1. The molecule has 11 heavy (non-hydrogen) atoms. The van der Waals surface area contributed by atoms with Crippen LogP contribution in [-0.4, -0.2) is 37.2 Å². The highest BCUT2D eigenvalue weighted by Crippen LogP contribution is 2.10. The Morgan fingerprint density at radius 2 is 2.45 bits per heavy atom. The fraction of sp³-hybridized carbons (Fsp3) is 0.857. The van der Waals surface area contributed by atoms with E-state index in [4.69, 9.17) is 10.5 Å². The Kier molecular flexibility index (Phi) is 2.70. The van der Waals surface area contributed by atoms with Gasteiger partial charge in [0.1, 0.15) is 6.10 Å². The average Bonchev–Trinajstić information content (AvgIpc) is 1.85. The van der Waals surface area contributed by atoms with E-state index in [2.05, 4.69) is 4.90 Å². The van der Waals surface area contributed by atoms with E-state index in [1.165, 1.54) is 0 Å². The standard InChI is InChI=1S/C7H14N2O2/c1-9-4-2-3-6(5-9)11-7(8)10/h6H,2-5H2,1H3,(H2,8,10). The molecule has 0 aliphatic carbocycles. The lowest BCUT2D eigenvalue weighted by molar-refractivity contribution is 0.0565. The Labute approximate surface area is 66.3 Å². The van der Waals surface area contributed by atoms with Gasteiger partial charge in [-0.1, -0.05) is 0 Å². The molecule has 2 N–H and O–H groups in total. The Morgan fingerprint density at radius 3 is 3.00 bits per heavy atom. The van der Waals surface area contributed by atoms with Gasteiger partial charge in [0.05, 0.1) is 0 Å². The molecule has 0 radical (unpaired) electrons. The van der Waals surface area contributed by atoms with E-state index in [-0.39, 0.29) is 6.10 Å². The largest absolute Gasteiger partial charge is 0.445 e. The Hall–Kier alpha value is -0.770. The van der Waals surface area contributed by atoms with Gasteiger partial charge in [-0.3, -0.25) is 0 Å². The number of ether oxygens (including phenoxy) is 1. The van der Waals surface area contributed by atoms with Crippen molar-refractivity contribution < 1.29 is 9.53 Å². The predicted molar refractivity (Wildman–Crippen MR) is 41.2 cm³/mol. The fourth-order valence-corrected chi connectivity index (χ4v) is 1.38. The molecule has 0 bridgehead atoms. The maximum Gasteiger partial charge on any atom is 0.404 e. The van der Waals surface area contributed by atoms with E-state index in [0.717, 1.165) is 25.9 Å². The second-order valence-electron chi connectivity index (χ2n) is 2.96. The van der Waals surface area contributed by atoms with Crippen molar-refractivity contribution in [2.45, 2.75) is 18.9 Å². The first-order valence-corrected chi connectivity index (χ1v) is 3.83. The van der Waals surface area contributed by atoms with Gasteiger partial charge in [0.25, 0.3) is 0 Å². The van der Waals surface area contributed by atoms with E-state index in [9.17, 15) is 4.79 Å². The van der Waals surface area contributed by atoms with E-state index in [0.29, 0.717) is 0 Å². The Bertz CT molecular complexity index is 149. The molecule has 1 aliphatic rings. The molecule has 4 nitrogen and oxygen atoms in total. The molecule has 1 amide bonds. The molecular weight excluding hydrogens is 144 g/mol. The molecule has 1 atom stereocenters. The van der Waals surface area contributed by atoms with Gasteiger partial charge in [-0.05, 0) is 26.4 Å². The van der Waals surface area contributed by atoms with Gasteiger partial charge in [-0.2, -0.15) is 0 Å². The number of nitrogens with zero attached hydrogens (tertiary/aromatic N) is 1. The quantitative estimate of drug-likeness (QED) is 0.592. The van der Waals surface area contributed by atoms with Gasteiger partial charge in [0.2, 0.25) is 0 Å². The van der Waals surface area contributed by atoms with Crippen LogP contribution >= 0.6 is 0 Å². The van der Waals surface area contributed by atoms with Gasteiger partial charge in [0, 0.05) is 6.54 Å². The smallest absolute Gasteiger partial charge is 0.404 e. The number of carbonyl (C=O) groups is 1. The number of carbonyl (C=O) groups excluding carboxylic acids is 1. The number of likely N-dealkylation sites (N-methyl/N-ethyl adjacent to an activating group) is 1. The normalized spacial score (nSPS) is 26.5. The molecule has 1 heterocycles. The number of likely N-dealkylation sites (tertiary alicyclic amines) is 1. The van der Waals surface area contributed by atoms with Gasteiger partial charge >= 0.3 is 6.09 Å². The second kappa shape index (κ2) is 3.57. The molecule has 1 aliphatic heterocycles. The van der Waals surface area contributed by atoms with E-state index < -0.39 is 6.09 Å². The highest BCUT2D eigenvalue weighted by Gasteiger charge is 2.19. The number of piperidine rings is 1. The fourth-order valence-electron chi connectivity index (χ4n) is 1.38. The molecule has 1 rings (SSSR count). The van der Waals surface area contributed by atoms with Crippen molar-refractivity contribution in [2.75, 3.05) is 20.1 Å². The lowest BCUT2D eigenvalue weighted by Gasteiger charge is -2.28. The summed E-state index contributed by atoms with van der Waals surface area (Å²) in [7, 11) is 2.01. The van der Waals surface area contributed by atoms with Crippen LogP contribution in [0, 0.1) is 0 Å². The minimum atomic E-state index is -0.662. The third kappa shape index (κ3) is 2.76. The number of hydrogen-bond donors (Lipinski definition) is 1. The van der Waals surface area contributed by atoms with Gasteiger partial charge in [-0.15, -0.1) is 0 Å². The topological polar surface area (TPSA) is 55.6 Å². The first-order valence-electron chi connectivity index (χ1n) is 3.83. The van der Waals surface area contributed by atoms with Crippen LogP contribution in [0.3, 0.4) is 0 Å². The Balaban J connectivity index is 2.28. The number of amides is 1. The molecule has 0 saturated carbocycles. The third-order valence-corrected chi connectivity index (χ3v) is 1.86. The van der Waals surface area contributed by atoms with E-state index in [1.54, 1.807) is 0 Å². The highest BCUT2D eigenvalue weighted by atomic mass is 16.6. The molecule has 1 fully saturated rings. The van der Waals surface area contributed by atoms with Crippen LogP contribution < -0.4 is 5.73 Å². The summed E-state index contributed by atoms with van der Waals surface area (Å²) in [6, 6.07) is 0. The van der Waals surface area contributed by atoms with Crippen molar-refractivity contribution in [1.29, 1.82) is 0 Å². The molecule has 0 aromatic rings. The van der Waals surface area contributed by atoms with Crippen LogP contribution in [0.25, 0.3) is 0 Å². The SMILES string of the molecule is CN1CCCC(OC(N)=O)C1. The van der Waals surface area contributed by atoms with Crippen molar-refractivity contribution in [1.82, 2.24) is 4.90 Å². The summed E-state index contributed by atoms with van der Waals surface area (Å²) < 4.78 is 4.86. The zero-order chi connectivity index (χ0) is 8.27. The van der Waals surface area contributed by atoms with Gasteiger partial charge in [0.15, 0.2) is 0 Å². The monoisotopic (exact) mass is 158 g/mol. The number of hydrogen-bond acceptors (Lipinski definition) is 3. The molecular formula is C7H14N2O2. The van der Waals surface area contributed by atoms with Crippen molar-refractivity contribution in [3.05, 3.63) is 0 Å². The first-order chi connectivity index (χ1) is 5.18. The van der Waals surface area contributed by atoms with Crippen molar-refractivity contribution in [3.8, 4) is 0 Å². The third-order valence-electron chi connectivity index (χ3n) is 1.86. The summed E-state index contributed by atoms with van der Waals surface area (Å²) >= 11 is 0. The number of rotatable bonds is 1. The van der Waals surface area contributed by atoms with Crippen LogP contribution in [0.1, 0.15) is 12.8 Å². The lowest BCUT2D eigenvalue weighted by atomic mass is 10.1.